The Morgan fingerprint density at radius 3 is 1.50 bits per heavy atom. The minimum absolute atomic E-state index is 0.0850. The van der Waals surface area contributed by atoms with E-state index in [-0.39, 0.29) is 11.1 Å². The molecule has 0 saturated heterocycles. The first kappa shape index (κ1) is 10.4. The number of aryl methyl sites for hydroxylation is 2. The minimum Gasteiger partial charge on any atom is -0.319 e. The average molecular weight is 216 g/mol. The van der Waals surface area contributed by atoms with Crippen LogP contribution in [0.4, 0.5) is 0 Å². The maximum absolute atomic E-state index is 11.4. The molecule has 4 heteroatoms. The fraction of sp³-hybridized carbons (Fsp3) is 0.167. The molecule has 0 fully saturated rings. The third kappa shape index (κ3) is 1.82. The topological polar surface area (TPSA) is 44.0 Å². The fourth-order valence-electron chi connectivity index (χ4n) is 1.46. The molecule has 0 N–H and O–H groups in total. The SMILES string of the molecule is Cn1ccc(-c2ccn(C)c(=O)c2)cc1=O. The van der Waals surface area contributed by atoms with Gasteiger partial charge in [0.05, 0.1) is 0 Å². The van der Waals surface area contributed by atoms with Crippen molar-refractivity contribution in [2.75, 3.05) is 0 Å². The zero-order chi connectivity index (χ0) is 11.7. The van der Waals surface area contributed by atoms with Crippen LogP contribution in [0.25, 0.3) is 11.1 Å². The number of hydrogen-bond acceptors (Lipinski definition) is 2. The van der Waals surface area contributed by atoms with Gasteiger partial charge in [0.25, 0.3) is 11.1 Å². The molecule has 0 bridgehead atoms. The van der Waals surface area contributed by atoms with Gasteiger partial charge in [0.1, 0.15) is 0 Å². The van der Waals surface area contributed by atoms with Gasteiger partial charge >= 0.3 is 0 Å². The van der Waals surface area contributed by atoms with Gasteiger partial charge < -0.3 is 9.13 Å². The van der Waals surface area contributed by atoms with E-state index in [2.05, 4.69) is 0 Å². The van der Waals surface area contributed by atoms with Crippen molar-refractivity contribution in [1.82, 2.24) is 9.13 Å². The summed E-state index contributed by atoms with van der Waals surface area (Å²) < 4.78 is 2.98. The summed E-state index contributed by atoms with van der Waals surface area (Å²) in [5.74, 6) is 0. The highest BCUT2D eigenvalue weighted by atomic mass is 16.1. The molecular formula is C12H12N2O2. The molecule has 0 aromatic carbocycles. The van der Waals surface area contributed by atoms with Crippen LogP contribution in [0.2, 0.25) is 0 Å². The van der Waals surface area contributed by atoms with E-state index in [1.165, 1.54) is 21.3 Å². The number of rotatable bonds is 1. The van der Waals surface area contributed by atoms with E-state index < -0.39 is 0 Å². The lowest BCUT2D eigenvalue weighted by Crippen LogP contribution is -2.16. The van der Waals surface area contributed by atoms with Crippen LogP contribution in [0, 0.1) is 0 Å². The molecule has 0 unspecified atom stereocenters. The van der Waals surface area contributed by atoms with Gasteiger partial charge in [0.2, 0.25) is 0 Å². The molecule has 4 nitrogen and oxygen atoms in total. The Morgan fingerprint density at radius 1 is 0.812 bits per heavy atom. The molecule has 2 heterocycles. The molecule has 0 spiro atoms. The zero-order valence-electron chi connectivity index (χ0n) is 9.18. The summed E-state index contributed by atoms with van der Waals surface area (Å²) in [6, 6.07) is 6.68. The molecule has 0 atom stereocenters. The molecular weight excluding hydrogens is 204 g/mol. The first-order valence-corrected chi connectivity index (χ1v) is 4.92. The van der Waals surface area contributed by atoms with Crippen LogP contribution in [0.3, 0.4) is 0 Å². The van der Waals surface area contributed by atoms with Crippen LogP contribution in [0.1, 0.15) is 0 Å². The minimum atomic E-state index is -0.0850. The molecule has 0 aliphatic rings. The molecule has 0 saturated carbocycles. The predicted octanol–water partition coefficient (Wildman–Crippen LogP) is 0.751. The van der Waals surface area contributed by atoms with E-state index in [1.54, 1.807) is 26.5 Å². The van der Waals surface area contributed by atoms with Crippen molar-refractivity contribution < 1.29 is 0 Å². The Balaban J connectivity index is 2.59. The molecule has 2 aromatic rings. The summed E-state index contributed by atoms with van der Waals surface area (Å²) >= 11 is 0. The van der Waals surface area contributed by atoms with Crippen LogP contribution in [-0.4, -0.2) is 9.13 Å². The quantitative estimate of drug-likeness (QED) is 0.706. The first-order valence-electron chi connectivity index (χ1n) is 4.92. The normalized spacial score (nSPS) is 10.4. The Labute approximate surface area is 92.4 Å². The van der Waals surface area contributed by atoms with Crippen LogP contribution in [0.5, 0.6) is 0 Å². The van der Waals surface area contributed by atoms with Crippen molar-refractivity contribution in [3.8, 4) is 11.1 Å². The van der Waals surface area contributed by atoms with Crippen LogP contribution in [0.15, 0.2) is 46.2 Å². The standard InChI is InChI=1S/C12H12N2O2/c1-13-5-3-9(7-11(13)15)10-4-6-14(2)12(16)8-10/h3-8H,1-2H3. The van der Waals surface area contributed by atoms with Crippen molar-refractivity contribution >= 4 is 0 Å². The van der Waals surface area contributed by atoms with Crippen molar-refractivity contribution in [3.05, 3.63) is 57.4 Å². The third-order valence-electron chi connectivity index (χ3n) is 2.54. The molecule has 0 aliphatic heterocycles. The maximum Gasteiger partial charge on any atom is 0.250 e. The molecule has 2 aromatic heterocycles. The van der Waals surface area contributed by atoms with Crippen LogP contribution < -0.4 is 11.1 Å². The average Bonchev–Trinajstić information content (AvgIpc) is 2.26. The second kappa shape index (κ2) is 3.81. The van der Waals surface area contributed by atoms with E-state index in [1.807, 2.05) is 12.1 Å². The highest BCUT2D eigenvalue weighted by Gasteiger charge is 2.00. The Kier molecular flexibility index (Phi) is 2.48. The second-order valence-corrected chi connectivity index (χ2v) is 3.73. The lowest BCUT2D eigenvalue weighted by atomic mass is 10.1. The predicted molar refractivity (Wildman–Crippen MR) is 62.4 cm³/mol. The number of nitrogens with zero attached hydrogens (tertiary/aromatic N) is 2. The molecule has 0 aliphatic carbocycles. The lowest BCUT2D eigenvalue weighted by molar-refractivity contribution is 0.856. The highest BCUT2D eigenvalue weighted by molar-refractivity contribution is 5.61. The molecule has 16 heavy (non-hydrogen) atoms. The maximum atomic E-state index is 11.4. The Hall–Kier alpha value is -2.10. The summed E-state index contributed by atoms with van der Waals surface area (Å²) in [5.41, 5.74) is 1.36. The number of pyridine rings is 2. The fourth-order valence-corrected chi connectivity index (χ4v) is 1.46. The van der Waals surface area contributed by atoms with Crippen LogP contribution >= 0.6 is 0 Å². The summed E-state index contributed by atoms with van der Waals surface area (Å²) in [6.45, 7) is 0. The monoisotopic (exact) mass is 216 g/mol. The Morgan fingerprint density at radius 2 is 1.19 bits per heavy atom. The van der Waals surface area contributed by atoms with E-state index in [0.717, 1.165) is 11.1 Å². The molecule has 2 rings (SSSR count). The van der Waals surface area contributed by atoms with Crippen molar-refractivity contribution in [2.45, 2.75) is 0 Å². The van der Waals surface area contributed by atoms with Gasteiger partial charge in [-0.05, 0) is 23.3 Å². The zero-order valence-corrected chi connectivity index (χ0v) is 9.18. The van der Waals surface area contributed by atoms with Gasteiger partial charge in [-0.2, -0.15) is 0 Å². The summed E-state index contributed by atoms with van der Waals surface area (Å²) in [6.07, 6.45) is 3.38. The van der Waals surface area contributed by atoms with E-state index >= 15 is 0 Å². The van der Waals surface area contributed by atoms with Crippen molar-refractivity contribution in [1.29, 1.82) is 0 Å². The van der Waals surface area contributed by atoms with Crippen LogP contribution in [-0.2, 0) is 14.1 Å². The Bertz CT molecular complexity index is 580. The first-order chi connectivity index (χ1) is 7.58. The van der Waals surface area contributed by atoms with Gasteiger partial charge in [-0.1, -0.05) is 0 Å². The number of aromatic nitrogens is 2. The lowest BCUT2D eigenvalue weighted by Gasteiger charge is -2.03. The van der Waals surface area contributed by atoms with E-state index in [9.17, 15) is 9.59 Å². The van der Waals surface area contributed by atoms with Gasteiger partial charge in [0.15, 0.2) is 0 Å². The molecule has 82 valence electrons. The second-order valence-electron chi connectivity index (χ2n) is 3.73. The van der Waals surface area contributed by atoms with Crippen molar-refractivity contribution in [3.63, 3.8) is 0 Å². The summed E-state index contributed by atoms with van der Waals surface area (Å²) in [4.78, 5) is 22.9. The highest BCUT2D eigenvalue weighted by Crippen LogP contribution is 2.14. The van der Waals surface area contributed by atoms with E-state index in [4.69, 9.17) is 0 Å². The van der Waals surface area contributed by atoms with Gasteiger partial charge in [-0.3, -0.25) is 9.59 Å². The van der Waals surface area contributed by atoms with Gasteiger partial charge in [0, 0.05) is 38.6 Å². The van der Waals surface area contributed by atoms with Gasteiger partial charge in [-0.15, -0.1) is 0 Å². The third-order valence-corrected chi connectivity index (χ3v) is 2.54. The summed E-state index contributed by atoms with van der Waals surface area (Å²) in [7, 11) is 3.38. The molecule has 0 radical (unpaired) electrons. The number of hydrogen-bond donors (Lipinski definition) is 0. The largest absolute Gasteiger partial charge is 0.319 e. The van der Waals surface area contributed by atoms with E-state index in [0.29, 0.717) is 0 Å². The summed E-state index contributed by atoms with van der Waals surface area (Å²) in [5, 5.41) is 0. The smallest absolute Gasteiger partial charge is 0.250 e. The molecule has 0 amide bonds. The van der Waals surface area contributed by atoms with Crippen molar-refractivity contribution in [2.24, 2.45) is 14.1 Å². The van der Waals surface area contributed by atoms with Gasteiger partial charge in [-0.25, -0.2) is 0 Å².